The van der Waals surface area contributed by atoms with Gasteiger partial charge in [0.1, 0.15) is 0 Å². The van der Waals surface area contributed by atoms with Gasteiger partial charge < -0.3 is 10.5 Å². The summed E-state index contributed by atoms with van der Waals surface area (Å²) in [5, 5.41) is 0. The highest BCUT2D eigenvalue weighted by atomic mass is 16.5. The van der Waals surface area contributed by atoms with E-state index in [9.17, 15) is 0 Å². The lowest BCUT2D eigenvalue weighted by atomic mass is 9.82. The van der Waals surface area contributed by atoms with E-state index in [1.54, 1.807) is 7.11 Å². The van der Waals surface area contributed by atoms with Crippen LogP contribution in [0.1, 0.15) is 32.1 Å². The highest BCUT2D eigenvalue weighted by Crippen LogP contribution is 2.32. The normalized spacial score (nSPS) is 38.6. The molecular formula is C11H22N2O. The maximum Gasteiger partial charge on any atom is 0.0589 e. The number of fused-ring (bicyclic) bond motifs is 2. The van der Waals surface area contributed by atoms with Gasteiger partial charge in [-0.1, -0.05) is 6.42 Å². The Balaban J connectivity index is 1.94. The molecule has 0 spiro atoms. The molecule has 3 nitrogen and oxygen atoms in total. The minimum atomic E-state index is 0.448. The van der Waals surface area contributed by atoms with Crippen LogP contribution in [0, 0.1) is 0 Å². The molecule has 2 heterocycles. The Kier molecular flexibility index (Phi) is 3.42. The van der Waals surface area contributed by atoms with Crippen molar-refractivity contribution in [3.8, 4) is 0 Å². The molecule has 0 amide bonds. The van der Waals surface area contributed by atoms with E-state index in [1.165, 1.54) is 32.1 Å². The lowest BCUT2D eigenvalue weighted by Crippen LogP contribution is -2.55. The highest BCUT2D eigenvalue weighted by Gasteiger charge is 2.36. The summed E-state index contributed by atoms with van der Waals surface area (Å²) in [5.41, 5.74) is 6.06. The first-order valence-corrected chi connectivity index (χ1v) is 5.81. The lowest BCUT2D eigenvalue weighted by Gasteiger charge is -2.48. The third kappa shape index (κ3) is 2.10. The maximum atomic E-state index is 6.06. The molecule has 2 bridgehead atoms. The van der Waals surface area contributed by atoms with Crippen LogP contribution in [0.2, 0.25) is 0 Å². The zero-order chi connectivity index (χ0) is 9.97. The van der Waals surface area contributed by atoms with Gasteiger partial charge in [-0.05, 0) is 25.7 Å². The van der Waals surface area contributed by atoms with E-state index < -0.39 is 0 Å². The number of hydrogen-bond acceptors (Lipinski definition) is 3. The van der Waals surface area contributed by atoms with E-state index in [-0.39, 0.29) is 0 Å². The summed E-state index contributed by atoms with van der Waals surface area (Å²) in [6.07, 6.45) is 6.47. The van der Waals surface area contributed by atoms with Crippen LogP contribution in [0.25, 0.3) is 0 Å². The first kappa shape index (κ1) is 10.4. The van der Waals surface area contributed by atoms with Gasteiger partial charge in [0.25, 0.3) is 0 Å². The molecule has 2 atom stereocenters. The lowest BCUT2D eigenvalue weighted by molar-refractivity contribution is 0.0122. The Morgan fingerprint density at radius 2 is 1.93 bits per heavy atom. The van der Waals surface area contributed by atoms with Gasteiger partial charge >= 0.3 is 0 Å². The monoisotopic (exact) mass is 198 g/mol. The molecule has 3 heteroatoms. The average molecular weight is 198 g/mol. The molecule has 2 aliphatic heterocycles. The molecule has 0 aliphatic carbocycles. The number of hydrogen-bond donors (Lipinski definition) is 1. The van der Waals surface area contributed by atoms with Gasteiger partial charge in [-0.25, -0.2) is 0 Å². The van der Waals surface area contributed by atoms with Gasteiger partial charge in [-0.2, -0.15) is 0 Å². The molecule has 2 saturated heterocycles. The Labute approximate surface area is 86.6 Å². The van der Waals surface area contributed by atoms with Crippen molar-refractivity contribution >= 4 is 0 Å². The summed E-state index contributed by atoms with van der Waals surface area (Å²) >= 11 is 0. The fraction of sp³-hybridized carbons (Fsp3) is 1.00. The molecule has 2 rings (SSSR count). The second-order valence-electron chi connectivity index (χ2n) is 4.70. The average Bonchev–Trinajstić information content (AvgIpc) is 2.14. The van der Waals surface area contributed by atoms with Crippen LogP contribution < -0.4 is 5.73 Å². The second kappa shape index (κ2) is 4.60. The molecule has 0 saturated carbocycles. The second-order valence-corrected chi connectivity index (χ2v) is 4.70. The number of ether oxygens (including phenoxy) is 1. The number of nitrogens with two attached hydrogens (primary N) is 1. The van der Waals surface area contributed by atoms with E-state index >= 15 is 0 Å². The molecule has 2 aliphatic rings. The topological polar surface area (TPSA) is 38.5 Å². The van der Waals surface area contributed by atoms with Crippen LogP contribution in [-0.2, 0) is 4.74 Å². The highest BCUT2D eigenvalue weighted by molar-refractivity contribution is 4.93. The molecule has 14 heavy (non-hydrogen) atoms. The fourth-order valence-corrected chi connectivity index (χ4v) is 3.08. The standard InChI is InChI=1S/C11H22N2O/c1-14-6-5-13-10-3-2-4-11(13)8-9(12)7-10/h9-11H,2-8,12H2,1H3. The molecule has 0 aromatic rings. The number of nitrogens with zero attached hydrogens (tertiary/aromatic N) is 1. The Hall–Kier alpha value is -0.120. The van der Waals surface area contributed by atoms with Gasteiger partial charge in [-0.15, -0.1) is 0 Å². The zero-order valence-electron chi connectivity index (χ0n) is 9.11. The number of piperidine rings is 2. The molecule has 2 unspecified atom stereocenters. The minimum Gasteiger partial charge on any atom is -0.383 e. The largest absolute Gasteiger partial charge is 0.383 e. The van der Waals surface area contributed by atoms with Crippen molar-refractivity contribution in [3.63, 3.8) is 0 Å². The van der Waals surface area contributed by atoms with Gasteiger partial charge in [0, 0.05) is 31.8 Å². The first-order valence-electron chi connectivity index (χ1n) is 5.81. The van der Waals surface area contributed by atoms with E-state index in [4.69, 9.17) is 10.5 Å². The van der Waals surface area contributed by atoms with E-state index in [0.717, 1.165) is 25.2 Å². The number of rotatable bonds is 3. The van der Waals surface area contributed by atoms with Crippen LogP contribution in [-0.4, -0.2) is 43.3 Å². The Morgan fingerprint density at radius 3 is 2.50 bits per heavy atom. The van der Waals surface area contributed by atoms with Crippen molar-refractivity contribution in [2.75, 3.05) is 20.3 Å². The van der Waals surface area contributed by atoms with Crippen molar-refractivity contribution in [3.05, 3.63) is 0 Å². The van der Waals surface area contributed by atoms with Gasteiger partial charge in [0.15, 0.2) is 0 Å². The summed E-state index contributed by atoms with van der Waals surface area (Å²) in [6, 6.07) is 1.93. The molecule has 0 aromatic carbocycles. The van der Waals surface area contributed by atoms with Crippen molar-refractivity contribution in [1.82, 2.24) is 4.90 Å². The molecule has 0 radical (unpaired) electrons. The van der Waals surface area contributed by atoms with Crippen molar-refractivity contribution in [2.45, 2.75) is 50.2 Å². The molecular weight excluding hydrogens is 176 g/mol. The summed E-state index contributed by atoms with van der Waals surface area (Å²) < 4.78 is 5.16. The van der Waals surface area contributed by atoms with Crippen LogP contribution in [0.5, 0.6) is 0 Å². The predicted octanol–water partition coefficient (Wildman–Crippen LogP) is 0.977. The summed E-state index contributed by atoms with van der Waals surface area (Å²) in [4.78, 5) is 2.64. The molecule has 2 N–H and O–H groups in total. The quantitative estimate of drug-likeness (QED) is 0.734. The third-order valence-corrected chi connectivity index (χ3v) is 3.72. The predicted molar refractivity (Wildman–Crippen MR) is 57.2 cm³/mol. The van der Waals surface area contributed by atoms with Crippen LogP contribution >= 0.6 is 0 Å². The van der Waals surface area contributed by atoms with Crippen LogP contribution in [0.4, 0.5) is 0 Å². The van der Waals surface area contributed by atoms with Gasteiger partial charge in [0.2, 0.25) is 0 Å². The summed E-state index contributed by atoms with van der Waals surface area (Å²) in [7, 11) is 1.78. The molecule has 2 fully saturated rings. The van der Waals surface area contributed by atoms with Crippen LogP contribution in [0.3, 0.4) is 0 Å². The van der Waals surface area contributed by atoms with Crippen molar-refractivity contribution in [2.24, 2.45) is 5.73 Å². The third-order valence-electron chi connectivity index (χ3n) is 3.72. The Morgan fingerprint density at radius 1 is 1.29 bits per heavy atom. The number of methoxy groups -OCH3 is 1. The van der Waals surface area contributed by atoms with Crippen molar-refractivity contribution < 1.29 is 4.74 Å². The van der Waals surface area contributed by atoms with E-state index in [1.807, 2.05) is 0 Å². The maximum absolute atomic E-state index is 6.06. The molecule has 0 aromatic heterocycles. The van der Waals surface area contributed by atoms with Gasteiger partial charge in [-0.3, -0.25) is 4.90 Å². The zero-order valence-corrected chi connectivity index (χ0v) is 9.11. The first-order chi connectivity index (χ1) is 6.81. The Bertz CT molecular complexity index is 172. The molecule has 82 valence electrons. The smallest absolute Gasteiger partial charge is 0.0589 e. The van der Waals surface area contributed by atoms with Gasteiger partial charge in [0.05, 0.1) is 6.61 Å². The SMILES string of the molecule is COCCN1C2CCCC1CC(N)C2. The summed E-state index contributed by atoms with van der Waals surface area (Å²) in [5.74, 6) is 0. The van der Waals surface area contributed by atoms with E-state index in [2.05, 4.69) is 4.90 Å². The fourth-order valence-electron chi connectivity index (χ4n) is 3.08. The van der Waals surface area contributed by atoms with E-state index in [0.29, 0.717) is 6.04 Å². The van der Waals surface area contributed by atoms with Crippen molar-refractivity contribution in [1.29, 1.82) is 0 Å². The minimum absolute atomic E-state index is 0.448. The summed E-state index contributed by atoms with van der Waals surface area (Å²) in [6.45, 7) is 1.96. The van der Waals surface area contributed by atoms with Crippen LogP contribution in [0.15, 0.2) is 0 Å².